The van der Waals surface area contributed by atoms with Crippen LogP contribution in [0.1, 0.15) is 22.2 Å². The normalized spacial score (nSPS) is 12.5. The molecular weight excluding hydrogens is 364 g/mol. The van der Waals surface area contributed by atoms with Crippen LogP contribution in [0.3, 0.4) is 0 Å². The van der Waals surface area contributed by atoms with Gasteiger partial charge >= 0.3 is 0 Å². The zero-order chi connectivity index (χ0) is 14.8. The maximum absolute atomic E-state index is 6.26. The summed E-state index contributed by atoms with van der Waals surface area (Å²) in [5.74, 6) is 0. The van der Waals surface area contributed by atoms with Gasteiger partial charge in [-0.15, -0.1) is 22.7 Å². The molecular formula is C16H15BrN2S2. The third-order valence-corrected chi connectivity index (χ3v) is 6.47. The highest BCUT2D eigenvalue weighted by atomic mass is 79.9. The number of rotatable bonds is 4. The average molecular weight is 379 g/mol. The number of benzene rings is 1. The quantitative estimate of drug-likeness (QED) is 0.678. The number of hydrogen-bond acceptors (Lipinski definition) is 4. The van der Waals surface area contributed by atoms with Crippen molar-refractivity contribution in [1.29, 1.82) is 0 Å². The van der Waals surface area contributed by atoms with Crippen molar-refractivity contribution < 1.29 is 0 Å². The van der Waals surface area contributed by atoms with E-state index in [0.29, 0.717) is 0 Å². The summed E-state index contributed by atoms with van der Waals surface area (Å²) in [5, 5.41) is 3.19. The summed E-state index contributed by atoms with van der Waals surface area (Å²) in [7, 11) is 0. The first kappa shape index (κ1) is 14.9. The van der Waals surface area contributed by atoms with Crippen molar-refractivity contribution in [3.8, 4) is 9.88 Å². The molecule has 21 heavy (non-hydrogen) atoms. The highest BCUT2D eigenvalue weighted by Gasteiger charge is 2.12. The van der Waals surface area contributed by atoms with Crippen LogP contribution < -0.4 is 5.73 Å². The zero-order valence-corrected chi connectivity index (χ0v) is 14.8. The van der Waals surface area contributed by atoms with E-state index < -0.39 is 0 Å². The van der Waals surface area contributed by atoms with Crippen LogP contribution in [0.4, 0.5) is 0 Å². The van der Waals surface area contributed by atoms with Gasteiger partial charge in [-0.25, -0.2) is 4.98 Å². The molecule has 0 aliphatic rings. The minimum Gasteiger partial charge on any atom is -0.324 e. The number of aromatic nitrogens is 1. The summed E-state index contributed by atoms with van der Waals surface area (Å²) in [6, 6.07) is 12.3. The van der Waals surface area contributed by atoms with E-state index in [0.717, 1.165) is 27.2 Å². The SMILES string of the molecule is Cc1sc(-c2nc(CC(N)c3ccccc3)cs2)cc1Br. The predicted molar refractivity (Wildman–Crippen MR) is 94.9 cm³/mol. The van der Waals surface area contributed by atoms with Crippen LogP contribution in [0.25, 0.3) is 9.88 Å². The summed E-state index contributed by atoms with van der Waals surface area (Å²) >= 11 is 7.01. The fourth-order valence-electron chi connectivity index (χ4n) is 2.12. The summed E-state index contributed by atoms with van der Waals surface area (Å²) in [5.41, 5.74) is 8.48. The van der Waals surface area contributed by atoms with E-state index in [-0.39, 0.29) is 6.04 Å². The summed E-state index contributed by atoms with van der Waals surface area (Å²) in [6.07, 6.45) is 0.770. The molecule has 1 aromatic carbocycles. The molecule has 3 rings (SSSR count). The van der Waals surface area contributed by atoms with Gasteiger partial charge in [-0.1, -0.05) is 30.3 Å². The third kappa shape index (κ3) is 3.43. The Bertz CT molecular complexity index is 714. The highest BCUT2D eigenvalue weighted by Crippen LogP contribution is 2.35. The number of thiophene rings is 1. The van der Waals surface area contributed by atoms with Gasteiger partial charge in [-0.05, 0) is 34.5 Å². The zero-order valence-electron chi connectivity index (χ0n) is 11.5. The molecule has 0 bridgehead atoms. The van der Waals surface area contributed by atoms with E-state index in [4.69, 9.17) is 10.7 Å². The van der Waals surface area contributed by atoms with Crippen LogP contribution in [0.5, 0.6) is 0 Å². The maximum atomic E-state index is 6.26. The van der Waals surface area contributed by atoms with Crippen LogP contribution in [-0.4, -0.2) is 4.98 Å². The average Bonchev–Trinajstić information content (AvgIpc) is 3.07. The van der Waals surface area contributed by atoms with Gasteiger partial charge in [-0.3, -0.25) is 0 Å². The smallest absolute Gasteiger partial charge is 0.133 e. The Labute approximate surface area is 140 Å². The topological polar surface area (TPSA) is 38.9 Å². The summed E-state index contributed by atoms with van der Waals surface area (Å²) in [4.78, 5) is 7.22. The Morgan fingerprint density at radius 3 is 2.71 bits per heavy atom. The van der Waals surface area contributed by atoms with Crippen molar-refractivity contribution in [3.63, 3.8) is 0 Å². The van der Waals surface area contributed by atoms with E-state index >= 15 is 0 Å². The molecule has 0 spiro atoms. The van der Waals surface area contributed by atoms with Gasteiger partial charge in [0.05, 0.1) is 10.6 Å². The minimum absolute atomic E-state index is 0.00189. The molecule has 0 aliphatic carbocycles. The van der Waals surface area contributed by atoms with Crippen molar-refractivity contribution in [2.75, 3.05) is 0 Å². The van der Waals surface area contributed by atoms with Gasteiger partial charge in [0.15, 0.2) is 0 Å². The van der Waals surface area contributed by atoms with Gasteiger partial charge in [0, 0.05) is 27.2 Å². The molecule has 0 aliphatic heterocycles. The van der Waals surface area contributed by atoms with Crippen LogP contribution in [0, 0.1) is 6.92 Å². The molecule has 2 heterocycles. The number of hydrogen-bond donors (Lipinski definition) is 1. The van der Waals surface area contributed by atoms with E-state index in [2.05, 4.69) is 46.4 Å². The Balaban J connectivity index is 1.76. The molecule has 5 heteroatoms. The molecule has 0 amide bonds. The summed E-state index contributed by atoms with van der Waals surface area (Å²) < 4.78 is 1.15. The first-order chi connectivity index (χ1) is 10.1. The van der Waals surface area contributed by atoms with Crippen molar-refractivity contribution in [1.82, 2.24) is 4.98 Å². The van der Waals surface area contributed by atoms with Gasteiger partial charge in [0.25, 0.3) is 0 Å². The lowest BCUT2D eigenvalue weighted by atomic mass is 10.0. The van der Waals surface area contributed by atoms with Crippen molar-refractivity contribution in [2.45, 2.75) is 19.4 Å². The predicted octanol–water partition coefficient (Wildman–Crippen LogP) is 5.19. The first-order valence-corrected chi connectivity index (χ1v) is 9.13. The lowest BCUT2D eigenvalue weighted by molar-refractivity contribution is 0.710. The molecule has 3 aromatic rings. The second-order valence-electron chi connectivity index (χ2n) is 4.88. The largest absolute Gasteiger partial charge is 0.324 e. The Kier molecular flexibility index (Phi) is 4.54. The van der Waals surface area contributed by atoms with Crippen LogP contribution in [-0.2, 0) is 6.42 Å². The molecule has 2 N–H and O–H groups in total. The molecule has 1 atom stereocenters. The van der Waals surface area contributed by atoms with E-state index in [9.17, 15) is 0 Å². The summed E-state index contributed by atoms with van der Waals surface area (Å²) in [6.45, 7) is 2.11. The van der Waals surface area contributed by atoms with Crippen molar-refractivity contribution in [2.24, 2.45) is 5.73 Å². The van der Waals surface area contributed by atoms with Crippen LogP contribution in [0.2, 0.25) is 0 Å². The molecule has 108 valence electrons. The van der Waals surface area contributed by atoms with E-state index in [1.54, 1.807) is 22.7 Å². The van der Waals surface area contributed by atoms with Crippen molar-refractivity contribution >= 4 is 38.6 Å². The lowest BCUT2D eigenvalue weighted by Gasteiger charge is -2.09. The molecule has 0 fully saturated rings. The van der Waals surface area contributed by atoms with Gasteiger partial charge in [-0.2, -0.15) is 0 Å². The Hall–Kier alpha value is -1.01. The highest BCUT2D eigenvalue weighted by molar-refractivity contribution is 9.10. The Morgan fingerprint density at radius 2 is 2.05 bits per heavy atom. The molecule has 0 radical (unpaired) electrons. The second kappa shape index (κ2) is 6.40. The number of halogens is 1. The number of thiazole rings is 1. The van der Waals surface area contributed by atoms with Gasteiger partial charge in [0.1, 0.15) is 5.01 Å². The fourth-order valence-corrected chi connectivity index (χ4v) is 4.55. The van der Waals surface area contributed by atoms with E-state index in [1.165, 1.54) is 9.75 Å². The lowest BCUT2D eigenvalue weighted by Crippen LogP contribution is -2.13. The molecule has 1 unspecified atom stereocenters. The second-order valence-corrected chi connectivity index (χ2v) is 7.85. The molecule has 0 saturated heterocycles. The molecule has 0 saturated carbocycles. The van der Waals surface area contributed by atoms with Gasteiger partial charge < -0.3 is 5.73 Å². The first-order valence-electron chi connectivity index (χ1n) is 6.64. The third-order valence-electron chi connectivity index (χ3n) is 3.28. The molecule has 2 aromatic heterocycles. The minimum atomic E-state index is -0.00189. The number of aryl methyl sites for hydroxylation is 1. The standard InChI is InChI=1S/C16H15BrN2S2/c1-10-13(17)8-15(21-10)16-19-12(9-20-16)7-14(18)11-5-3-2-4-6-11/h2-6,8-9,14H,7,18H2,1H3. The van der Waals surface area contributed by atoms with Crippen LogP contribution in [0.15, 0.2) is 46.3 Å². The number of nitrogens with two attached hydrogens (primary N) is 1. The monoisotopic (exact) mass is 378 g/mol. The number of nitrogens with zero attached hydrogens (tertiary/aromatic N) is 1. The molecule has 2 nitrogen and oxygen atoms in total. The fraction of sp³-hybridized carbons (Fsp3) is 0.188. The van der Waals surface area contributed by atoms with Gasteiger partial charge in [0.2, 0.25) is 0 Å². The van der Waals surface area contributed by atoms with Crippen molar-refractivity contribution in [3.05, 3.63) is 62.4 Å². The van der Waals surface area contributed by atoms with Crippen LogP contribution >= 0.6 is 38.6 Å². The Morgan fingerprint density at radius 1 is 1.29 bits per heavy atom. The van der Waals surface area contributed by atoms with E-state index in [1.807, 2.05) is 18.2 Å². The maximum Gasteiger partial charge on any atom is 0.133 e.